The number of hydrogen-bond acceptors (Lipinski definition) is 4. The Labute approximate surface area is 127 Å². The van der Waals surface area contributed by atoms with Crippen LogP contribution in [0.3, 0.4) is 0 Å². The summed E-state index contributed by atoms with van der Waals surface area (Å²) >= 11 is 0. The van der Waals surface area contributed by atoms with E-state index in [0.29, 0.717) is 0 Å². The van der Waals surface area contributed by atoms with Gasteiger partial charge in [0.1, 0.15) is 24.2 Å². The molecule has 0 aliphatic heterocycles. The number of carbonyl (C=O) groups excluding carboxylic acids is 1. The second-order valence-electron chi connectivity index (χ2n) is 4.47. The van der Waals surface area contributed by atoms with Gasteiger partial charge in [-0.3, -0.25) is 4.79 Å². The van der Waals surface area contributed by atoms with Crippen LogP contribution in [0.25, 0.3) is 0 Å². The van der Waals surface area contributed by atoms with E-state index in [0.717, 1.165) is 11.6 Å². The van der Waals surface area contributed by atoms with Gasteiger partial charge in [0, 0.05) is 0 Å². The summed E-state index contributed by atoms with van der Waals surface area (Å²) in [4.78, 5) is 11.7. The third kappa shape index (κ3) is 3.47. The van der Waals surface area contributed by atoms with Crippen molar-refractivity contribution in [3.05, 3.63) is 65.0 Å². The molecule has 0 bridgehead atoms. The van der Waals surface area contributed by atoms with Crippen LogP contribution in [-0.4, -0.2) is 5.78 Å². The van der Waals surface area contributed by atoms with E-state index in [4.69, 9.17) is 15.3 Å². The van der Waals surface area contributed by atoms with E-state index in [1.807, 2.05) is 36.4 Å². The number of ketones is 1. The Morgan fingerprint density at radius 1 is 1.18 bits per heavy atom. The first-order valence-electron chi connectivity index (χ1n) is 6.46. The zero-order valence-electron chi connectivity index (χ0n) is 11.5. The van der Waals surface area contributed by atoms with Crippen LogP contribution in [0.5, 0.6) is 5.75 Å². The van der Waals surface area contributed by atoms with E-state index in [1.54, 1.807) is 6.07 Å². The third-order valence-corrected chi connectivity index (χ3v) is 2.97. The van der Waals surface area contributed by atoms with Gasteiger partial charge in [-0.15, -0.1) is 0 Å². The number of rotatable bonds is 5. The van der Waals surface area contributed by atoms with Gasteiger partial charge in [0.05, 0.1) is 23.6 Å². The molecule has 4 nitrogen and oxygen atoms in total. The molecular formula is C17H11FN2O2. The summed E-state index contributed by atoms with van der Waals surface area (Å²) in [5, 5.41) is 17.6. The molecule has 0 heterocycles. The SMILES string of the molecule is N#CCC(=O)c1cc(OCc2ccccc2)c(C#N)cc1F. The van der Waals surface area contributed by atoms with Crippen LogP contribution < -0.4 is 4.74 Å². The van der Waals surface area contributed by atoms with Crippen LogP contribution in [-0.2, 0) is 6.61 Å². The third-order valence-electron chi connectivity index (χ3n) is 2.97. The maximum Gasteiger partial charge on any atom is 0.179 e. The highest BCUT2D eigenvalue weighted by Crippen LogP contribution is 2.24. The quantitative estimate of drug-likeness (QED) is 0.792. The Kier molecular flexibility index (Phi) is 4.85. The van der Waals surface area contributed by atoms with Crippen molar-refractivity contribution in [2.45, 2.75) is 13.0 Å². The van der Waals surface area contributed by atoms with Gasteiger partial charge in [0.25, 0.3) is 0 Å². The minimum Gasteiger partial charge on any atom is -0.487 e. The molecule has 0 atom stereocenters. The van der Waals surface area contributed by atoms with Crippen molar-refractivity contribution in [2.75, 3.05) is 0 Å². The normalized spacial score (nSPS) is 9.59. The van der Waals surface area contributed by atoms with E-state index in [2.05, 4.69) is 0 Å². The van der Waals surface area contributed by atoms with Gasteiger partial charge in [-0.2, -0.15) is 10.5 Å². The molecule has 0 N–H and O–H groups in total. The molecular weight excluding hydrogens is 283 g/mol. The molecule has 0 spiro atoms. The Morgan fingerprint density at radius 3 is 2.55 bits per heavy atom. The zero-order valence-corrected chi connectivity index (χ0v) is 11.5. The van der Waals surface area contributed by atoms with Crippen molar-refractivity contribution in [3.8, 4) is 17.9 Å². The molecule has 2 rings (SSSR count). The number of carbonyl (C=O) groups is 1. The molecule has 0 aromatic heterocycles. The first-order chi connectivity index (χ1) is 10.7. The largest absolute Gasteiger partial charge is 0.487 e. The molecule has 0 saturated heterocycles. The molecule has 108 valence electrons. The first-order valence-corrected chi connectivity index (χ1v) is 6.46. The number of hydrogen-bond donors (Lipinski definition) is 0. The predicted octanol–water partition coefficient (Wildman–Crippen LogP) is 3.37. The molecule has 5 heteroatoms. The van der Waals surface area contributed by atoms with Gasteiger partial charge in [0.2, 0.25) is 0 Å². The zero-order chi connectivity index (χ0) is 15.9. The number of Topliss-reactive ketones (excluding diaryl/α,β-unsaturated/α-hetero) is 1. The van der Waals surface area contributed by atoms with Crippen molar-refractivity contribution >= 4 is 5.78 Å². The number of nitrogens with zero attached hydrogens (tertiary/aromatic N) is 2. The smallest absolute Gasteiger partial charge is 0.179 e. The molecule has 0 radical (unpaired) electrons. The lowest BCUT2D eigenvalue weighted by Crippen LogP contribution is -2.05. The average molecular weight is 294 g/mol. The van der Waals surface area contributed by atoms with Crippen LogP contribution in [0.1, 0.15) is 27.9 Å². The Morgan fingerprint density at radius 2 is 1.91 bits per heavy atom. The lowest BCUT2D eigenvalue weighted by atomic mass is 10.0. The van der Waals surface area contributed by atoms with Crippen molar-refractivity contribution in [1.29, 1.82) is 10.5 Å². The fraction of sp³-hybridized carbons (Fsp3) is 0.118. The van der Waals surface area contributed by atoms with E-state index in [-0.39, 0.29) is 23.5 Å². The fourth-order valence-corrected chi connectivity index (χ4v) is 1.88. The van der Waals surface area contributed by atoms with Crippen molar-refractivity contribution in [2.24, 2.45) is 0 Å². The molecule has 2 aromatic rings. The molecule has 22 heavy (non-hydrogen) atoms. The van der Waals surface area contributed by atoms with Crippen LogP contribution in [0.2, 0.25) is 0 Å². The second kappa shape index (κ2) is 7.01. The lowest BCUT2D eigenvalue weighted by molar-refractivity contribution is 0.0993. The summed E-state index contributed by atoms with van der Waals surface area (Å²) in [5.74, 6) is -1.35. The Balaban J connectivity index is 2.29. The molecule has 0 saturated carbocycles. The predicted molar refractivity (Wildman–Crippen MR) is 76.4 cm³/mol. The molecule has 0 aliphatic rings. The molecule has 0 unspecified atom stereocenters. The minimum absolute atomic E-state index is 0.00180. The van der Waals surface area contributed by atoms with Gasteiger partial charge in [-0.25, -0.2) is 4.39 Å². The lowest BCUT2D eigenvalue weighted by Gasteiger charge is -2.10. The summed E-state index contributed by atoms with van der Waals surface area (Å²) in [5.41, 5.74) is 0.631. The number of nitriles is 2. The first kappa shape index (κ1) is 15.2. The summed E-state index contributed by atoms with van der Waals surface area (Å²) < 4.78 is 19.3. The minimum atomic E-state index is -0.830. The number of ether oxygens (including phenoxy) is 1. The van der Waals surface area contributed by atoms with Crippen LogP contribution in [0.4, 0.5) is 4.39 Å². The summed E-state index contributed by atoms with van der Waals surface area (Å²) in [6.45, 7) is 0.188. The van der Waals surface area contributed by atoms with Gasteiger partial charge in [-0.05, 0) is 17.7 Å². The highest BCUT2D eigenvalue weighted by molar-refractivity contribution is 5.98. The van der Waals surface area contributed by atoms with Gasteiger partial charge >= 0.3 is 0 Å². The topological polar surface area (TPSA) is 73.9 Å². The standard InChI is InChI=1S/C17H11FN2O2/c18-15-8-13(10-20)17(9-14(15)16(21)6-7-19)22-11-12-4-2-1-3-5-12/h1-5,8-9H,6,11H2. The fourth-order valence-electron chi connectivity index (χ4n) is 1.88. The van der Waals surface area contributed by atoms with Crippen molar-refractivity contribution < 1.29 is 13.9 Å². The van der Waals surface area contributed by atoms with E-state index in [1.165, 1.54) is 6.07 Å². The van der Waals surface area contributed by atoms with Gasteiger partial charge < -0.3 is 4.74 Å². The summed E-state index contributed by atoms with van der Waals surface area (Å²) in [7, 11) is 0. The molecule has 0 aliphatic carbocycles. The van der Waals surface area contributed by atoms with Crippen LogP contribution in [0, 0.1) is 28.5 Å². The maximum atomic E-state index is 13.8. The monoisotopic (exact) mass is 294 g/mol. The van der Waals surface area contributed by atoms with Crippen molar-refractivity contribution in [3.63, 3.8) is 0 Å². The van der Waals surface area contributed by atoms with E-state index < -0.39 is 18.0 Å². The molecule has 0 fully saturated rings. The second-order valence-corrected chi connectivity index (χ2v) is 4.47. The van der Waals surface area contributed by atoms with E-state index >= 15 is 0 Å². The number of halogens is 1. The van der Waals surface area contributed by atoms with Gasteiger partial charge in [0.15, 0.2) is 5.78 Å². The highest BCUT2D eigenvalue weighted by atomic mass is 19.1. The maximum absolute atomic E-state index is 13.8. The summed E-state index contributed by atoms with van der Waals surface area (Å²) in [6.07, 6.45) is -0.430. The van der Waals surface area contributed by atoms with E-state index in [9.17, 15) is 9.18 Å². The van der Waals surface area contributed by atoms with Gasteiger partial charge in [-0.1, -0.05) is 30.3 Å². The molecule has 0 amide bonds. The average Bonchev–Trinajstić information content (AvgIpc) is 2.54. The van der Waals surface area contributed by atoms with Crippen LogP contribution in [0.15, 0.2) is 42.5 Å². The Bertz CT molecular complexity index is 774. The molecule has 2 aromatic carbocycles. The number of benzene rings is 2. The highest BCUT2D eigenvalue weighted by Gasteiger charge is 2.16. The van der Waals surface area contributed by atoms with Crippen molar-refractivity contribution in [1.82, 2.24) is 0 Å². The summed E-state index contributed by atoms with van der Waals surface area (Å²) in [6, 6.07) is 14.9. The van der Waals surface area contributed by atoms with Crippen LogP contribution >= 0.6 is 0 Å². The Hall–Kier alpha value is -3.18.